The van der Waals surface area contributed by atoms with Crippen LogP contribution in [0.1, 0.15) is 186 Å². The molecule has 0 radical (unpaired) electrons. The Labute approximate surface area is 275 Å². The zero-order valence-electron chi connectivity index (χ0n) is 26.3. The second-order valence-corrected chi connectivity index (χ2v) is 19.2. The Morgan fingerprint density at radius 2 is 0.925 bits per heavy atom. The van der Waals surface area contributed by atoms with E-state index in [9.17, 15) is 0 Å². The third-order valence-corrected chi connectivity index (χ3v) is 13.7. The molecule has 1 aromatic heterocycles. The van der Waals surface area contributed by atoms with Crippen LogP contribution in [0.3, 0.4) is 0 Å². The molecule has 0 saturated carbocycles. The molecule has 0 aliphatic carbocycles. The summed E-state index contributed by atoms with van der Waals surface area (Å²) >= 11 is 12.3. The van der Waals surface area contributed by atoms with Gasteiger partial charge >= 0.3 is 0 Å². The van der Waals surface area contributed by atoms with Crippen molar-refractivity contribution in [3.63, 3.8) is 0 Å². The number of thiophene rings is 1. The van der Waals surface area contributed by atoms with Gasteiger partial charge in [0.25, 0.3) is 0 Å². The minimum Gasteiger partial charge on any atom is -0.143 e. The van der Waals surface area contributed by atoms with E-state index < -0.39 is 0 Å². The molecule has 2 heterocycles. The van der Waals surface area contributed by atoms with Gasteiger partial charge < -0.3 is 0 Å². The molecule has 0 nitrogen and oxygen atoms in total. The lowest BCUT2D eigenvalue weighted by atomic mass is 9.79. The monoisotopic (exact) mass is 716 g/mol. The number of thioether (sulfide) groups is 1. The van der Waals surface area contributed by atoms with Crippen molar-refractivity contribution in [2.24, 2.45) is 5.41 Å². The van der Waals surface area contributed by atoms with Gasteiger partial charge in [0.05, 0.1) is 0 Å². The Morgan fingerprint density at radius 1 is 0.550 bits per heavy atom. The minimum atomic E-state index is -0.0676. The minimum absolute atomic E-state index is 0.0676. The molecule has 0 amide bonds. The molecule has 2 rings (SSSR count). The Bertz CT molecular complexity index is 712. The largest absolute Gasteiger partial charge is 0.143 e. The van der Waals surface area contributed by atoms with E-state index in [0.717, 1.165) is 0 Å². The summed E-state index contributed by atoms with van der Waals surface area (Å²) in [5.74, 6) is 0. The van der Waals surface area contributed by atoms with E-state index in [1.165, 1.54) is 177 Å². The van der Waals surface area contributed by atoms with Gasteiger partial charge in [-0.05, 0) is 24.3 Å². The van der Waals surface area contributed by atoms with E-state index in [2.05, 4.69) is 69.3 Å². The zero-order valence-corrected chi connectivity index (χ0v) is 31.1. The summed E-state index contributed by atoms with van der Waals surface area (Å²) in [6.45, 7) is 4.61. The van der Waals surface area contributed by atoms with Crippen molar-refractivity contribution in [1.29, 1.82) is 0 Å². The third kappa shape index (κ3) is 15.0. The molecule has 0 spiro atoms. The van der Waals surface area contributed by atoms with Gasteiger partial charge in [0.2, 0.25) is 0 Å². The fraction of sp³-hybridized carbons (Fsp3) is 0.833. The fourth-order valence-corrected chi connectivity index (χ4v) is 10.4. The van der Waals surface area contributed by atoms with Gasteiger partial charge in [0.15, 0.2) is 0 Å². The van der Waals surface area contributed by atoms with Crippen LogP contribution in [-0.4, -0.2) is 2.57 Å². The molecule has 0 bridgehead atoms. The Balaban J connectivity index is 1.70. The maximum atomic E-state index is 4.19. The van der Waals surface area contributed by atoms with E-state index in [0.29, 0.717) is 0 Å². The first kappa shape index (κ1) is 36.9. The summed E-state index contributed by atoms with van der Waals surface area (Å²) in [5.41, 5.74) is 0.202. The maximum Gasteiger partial charge on any atom is 0.139 e. The van der Waals surface area contributed by atoms with Gasteiger partial charge in [-0.1, -0.05) is 224 Å². The Morgan fingerprint density at radius 3 is 1.27 bits per heavy atom. The standard InChI is InChI=1S/C36H62Br2S2/c1-3-5-7-9-11-13-15-17-19-21-23-25-29-35(32-34(40-36(35,37)38)33-28-27-31-39-33)30-26-24-22-20-18-16-14-12-10-8-6-4-2/h27-28,31-32H,3-26,29-30H2,1-2H3. The third-order valence-electron chi connectivity index (χ3n) is 8.94. The quantitative estimate of drug-likeness (QED) is 0.0645. The summed E-state index contributed by atoms with van der Waals surface area (Å²) < 4.78 is -0.0676. The molecular formula is C36H62Br2S2. The van der Waals surface area contributed by atoms with Crippen LogP contribution in [0, 0.1) is 5.41 Å². The first-order chi connectivity index (χ1) is 19.5. The Hall–Kier alpha value is 0.750. The highest BCUT2D eigenvalue weighted by Crippen LogP contribution is 2.67. The van der Waals surface area contributed by atoms with E-state index >= 15 is 0 Å². The van der Waals surface area contributed by atoms with Crippen LogP contribution in [-0.2, 0) is 0 Å². The van der Waals surface area contributed by atoms with Gasteiger partial charge in [0, 0.05) is 15.2 Å². The van der Waals surface area contributed by atoms with E-state index in [1.807, 2.05) is 23.1 Å². The number of unbranched alkanes of at least 4 members (excludes halogenated alkanes) is 22. The summed E-state index contributed by atoms with van der Waals surface area (Å²) in [7, 11) is 0. The highest BCUT2D eigenvalue weighted by Gasteiger charge is 2.51. The lowest BCUT2D eigenvalue weighted by Gasteiger charge is -2.37. The predicted molar refractivity (Wildman–Crippen MR) is 194 cm³/mol. The maximum absolute atomic E-state index is 4.19. The molecule has 232 valence electrons. The van der Waals surface area contributed by atoms with Crippen LogP contribution >= 0.6 is 55.0 Å². The zero-order chi connectivity index (χ0) is 28.8. The molecule has 0 aromatic carbocycles. The lowest BCUT2D eigenvalue weighted by Crippen LogP contribution is -2.31. The summed E-state index contributed by atoms with van der Waals surface area (Å²) in [5, 5.41) is 2.22. The molecule has 40 heavy (non-hydrogen) atoms. The average Bonchev–Trinajstić information content (AvgIpc) is 3.56. The van der Waals surface area contributed by atoms with Crippen molar-refractivity contribution in [2.45, 2.75) is 183 Å². The second kappa shape index (κ2) is 23.2. The number of halogens is 2. The van der Waals surface area contributed by atoms with Gasteiger partial charge in [-0.3, -0.25) is 0 Å². The van der Waals surface area contributed by atoms with Crippen LogP contribution < -0.4 is 0 Å². The van der Waals surface area contributed by atoms with E-state index in [4.69, 9.17) is 0 Å². The highest BCUT2D eigenvalue weighted by atomic mass is 79.9. The number of alkyl halides is 2. The lowest BCUT2D eigenvalue weighted by molar-refractivity contribution is 0.319. The van der Waals surface area contributed by atoms with Crippen LogP contribution in [0.25, 0.3) is 4.91 Å². The van der Waals surface area contributed by atoms with Crippen molar-refractivity contribution in [3.8, 4) is 0 Å². The topological polar surface area (TPSA) is 0 Å². The number of rotatable bonds is 27. The fourth-order valence-electron chi connectivity index (χ4n) is 6.27. The molecule has 0 N–H and O–H groups in total. The van der Waals surface area contributed by atoms with Crippen LogP contribution in [0.2, 0.25) is 0 Å². The number of allylic oxidation sites excluding steroid dienone is 1. The predicted octanol–water partition coefficient (Wildman–Crippen LogP) is 15.4. The van der Waals surface area contributed by atoms with Crippen molar-refractivity contribution in [1.82, 2.24) is 0 Å². The van der Waals surface area contributed by atoms with Gasteiger partial charge in [-0.15, -0.1) is 11.3 Å². The molecule has 1 aliphatic rings. The van der Waals surface area contributed by atoms with Crippen LogP contribution in [0.15, 0.2) is 23.6 Å². The van der Waals surface area contributed by atoms with Crippen LogP contribution in [0.5, 0.6) is 0 Å². The molecule has 1 aromatic rings. The molecule has 0 atom stereocenters. The summed E-state index contributed by atoms with van der Waals surface area (Å²) in [6, 6.07) is 4.49. The van der Waals surface area contributed by atoms with Crippen molar-refractivity contribution < 1.29 is 0 Å². The van der Waals surface area contributed by atoms with Crippen molar-refractivity contribution in [2.75, 3.05) is 0 Å². The smallest absolute Gasteiger partial charge is 0.139 e. The van der Waals surface area contributed by atoms with E-state index in [1.54, 1.807) is 0 Å². The molecule has 0 fully saturated rings. The molecule has 0 unspecified atom stereocenters. The first-order valence-electron chi connectivity index (χ1n) is 17.4. The average molecular weight is 719 g/mol. The van der Waals surface area contributed by atoms with Crippen molar-refractivity contribution >= 4 is 59.9 Å². The molecule has 1 aliphatic heterocycles. The molecule has 0 saturated heterocycles. The highest BCUT2D eigenvalue weighted by molar-refractivity contribution is 9.28. The van der Waals surface area contributed by atoms with Gasteiger partial charge in [-0.2, -0.15) is 0 Å². The number of hydrogen-bond donors (Lipinski definition) is 0. The molecular weight excluding hydrogens is 656 g/mol. The Kier molecular flexibility index (Phi) is 21.4. The molecule has 4 heteroatoms. The SMILES string of the molecule is CCCCCCCCCCCCCCC1(CCCCCCCCCCCCCC)C=C(c2cccs2)SC1(Br)Br. The van der Waals surface area contributed by atoms with Gasteiger partial charge in [-0.25, -0.2) is 0 Å². The van der Waals surface area contributed by atoms with Gasteiger partial charge in [0.1, 0.15) is 2.57 Å². The van der Waals surface area contributed by atoms with Crippen molar-refractivity contribution in [3.05, 3.63) is 28.5 Å². The normalized spacial score (nSPS) is 16.1. The van der Waals surface area contributed by atoms with E-state index in [-0.39, 0.29) is 7.98 Å². The first-order valence-corrected chi connectivity index (χ1v) is 20.7. The summed E-state index contributed by atoms with van der Waals surface area (Å²) in [6.07, 6.45) is 39.4. The number of hydrogen-bond acceptors (Lipinski definition) is 2. The van der Waals surface area contributed by atoms with Crippen LogP contribution in [0.4, 0.5) is 0 Å². The second-order valence-electron chi connectivity index (χ2n) is 12.5. The summed E-state index contributed by atoms with van der Waals surface area (Å²) in [4.78, 5) is 2.90.